The zero-order chi connectivity index (χ0) is 12.1. The van der Waals surface area contributed by atoms with Gasteiger partial charge in [-0.05, 0) is 18.1 Å². The molecule has 0 radical (unpaired) electrons. The van der Waals surface area contributed by atoms with Gasteiger partial charge in [0.1, 0.15) is 11.6 Å². The Balaban J connectivity index is 2.73. The Morgan fingerprint density at radius 3 is 2.75 bits per heavy atom. The summed E-state index contributed by atoms with van der Waals surface area (Å²) in [6, 6.07) is 2.44. The third-order valence-corrected chi connectivity index (χ3v) is 2.21. The van der Waals surface area contributed by atoms with Gasteiger partial charge in [0.15, 0.2) is 5.78 Å². The second-order valence-electron chi connectivity index (χ2n) is 3.51. The maximum Gasteiger partial charge on any atom is 0.154 e. The van der Waals surface area contributed by atoms with Crippen molar-refractivity contribution < 1.29 is 13.6 Å². The maximum atomic E-state index is 13.2. The van der Waals surface area contributed by atoms with Crippen LogP contribution in [0.15, 0.2) is 30.9 Å². The minimum absolute atomic E-state index is 0.124. The van der Waals surface area contributed by atoms with E-state index in [1.54, 1.807) is 0 Å². The number of rotatable bonds is 5. The Labute approximate surface area is 92.8 Å². The summed E-state index contributed by atoms with van der Waals surface area (Å²) in [7, 11) is 0. The number of nitrogens with two attached hydrogens (primary N) is 1. The summed E-state index contributed by atoms with van der Waals surface area (Å²) in [5, 5.41) is 0. The van der Waals surface area contributed by atoms with Crippen LogP contribution < -0.4 is 5.73 Å². The second kappa shape index (κ2) is 5.51. The van der Waals surface area contributed by atoms with E-state index in [0.717, 1.165) is 12.1 Å². The summed E-state index contributed by atoms with van der Waals surface area (Å²) < 4.78 is 25.8. The van der Waals surface area contributed by atoms with E-state index in [1.165, 1.54) is 12.1 Å². The van der Waals surface area contributed by atoms with Crippen molar-refractivity contribution in [2.45, 2.75) is 18.9 Å². The number of Topliss-reactive ketones (excluding diaryl/α,β-unsaturated/α-hetero) is 1. The molecule has 0 aromatic heterocycles. The van der Waals surface area contributed by atoms with Crippen LogP contribution in [0.3, 0.4) is 0 Å². The summed E-state index contributed by atoms with van der Waals surface area (Å²) in [6.07, 6.45) is 1.76. The number of hydrogen-bond acceptors (Lipinski definition) is 2. The average Bonchev–Trinajstić information content (AvgIpc) is 2.22. The number of hydrogen-bond donors (Lipinski definition) is 1. The minimum Gasteiger partial charge on any atom is -0.321 e. The van der Waals surface area contributed by atoms with Crippen molar-refractivity contribution >= 4 is 5.78 Å². The molecule has 0 spiro atoms. The Morgan fingerprint density at radius 2 is 2.19 bits per heavy atom. The van der Waals surface area contributed by atoms with Crippen molar-refractivity contribution in [2.75, 3.05) is 0 Å². The largest absolute Gasteiger partial charge is 0.321 e. The van der Waals surface area contributed by atoms with Gasteiger partial charge in [0, 0.05) is 12.5 Å². The van der Waals surface area contributed by atoms with E-state index in [9.17, 15) is 13.6 Å². The van der Waals surface area contributed by atoms with E-state index in [2.05, 4.69) is 6.58 Å². The van der Waals surface area contributed by atoms with Crippen LogP contribution in [-0.4, -0.2) is 11.8 Å². The van der Waals surface area contributed by atoms with Crippen molar-refractivity contribution in [1.82, 2.24) is 0 Å². The molecule has 0 heterocycles. The van der Waals surface area contributed by atoms with E-state index in [1.807, 2.05) is 0 Å². The minimum atomic E-state index is -0.723. The third-order valence-electron chi connectivity index (χ3n) is 2.21. The molecule has 1 atom stereocenters. The predicted molar refractivity (Wildman–Crippen MR) is 57.9 cm³/mol. The highest BCUT2D eigenvalue weighted by molar-refractivity contribution is 5.86. The van der Waals surface area contributed by atoms with Crippen molar-refractivity contribution in [1.29, 1.82) is 0 Å². The number of ketones is 1. The smallest absolute Gasteiger partial charge is 0.154 e. The van der Waals surface area contributed by atoms with Gasteiger partial charge in [-0.15, -0.1) is 6.58 Å². The fraction of sp³-hybridized carbons (Fsp3) is 0.250. The first-order valence-electron chi connectivity index (χ1n) is 4.87. The lowest BCUT2D eigenvalue weighted by molar-refractivity contribution is -0.119. The van der Waals surface area contributed by atoms with Gasteiger partial charge >= 0.3 is 0 Å². The van der Waals surface area contributed by atoms with Crippen LogP contribution in [0.1, 0.15) is 12.0 Å². The van der Waals surface area contributed by atoms with Gasteiger partial charge in [-0.2, -0.15) is 0 Å². The molecule has 0 amide bonds. The van der Waals surface area contributed by atoms with Crippen LogP contribution in [0.5, 0.6) is 0 Å². The predicted octanol–water partition coefficient (Wildman–Crippen LogP) is 1.98. The summed E-state index contributed by atoms with van der Waals surface area (Å²) in [5.41, 5.74) is 5.70. The molecule has 0 saturated heterocycles. The zero-order valence-electron chi connectivity index (χ0n) is 8.75. The van der Waals surface area contributed by atoms with Crippen LogP contribution >= 0.6 is 0 Å². The molecule has 2 N–H and O–H groups in total. The molecule has 4 heteroatoms. The molecular formula is C12H13F2NO. The number of carbonyl (C=O) groups excluding carboxylic acids is 1. The first kappa shape index (κ1) is 12.5. The summed E-state index contributed by atoms with van der Waals surface area (Å²) >= 11 is 0. The number of carbonyl (C=O) groups is 1. The fourth-order valence-corrected chi connectivity index (χ4v) is 1.29. The molecule has 1 rings (SSSR count). The highest BCUT2D eigenvalue weighted by Gasteiger charge is 2.14. The normalized spacial score (nSPS) is 12.2. The molecule has 0 aliphatic carbocycles. The van der Waals surface area contributed by atoms with Gasteiger partial charge in [-0.1, -0.05) is 12.1 Å². The summed E-state index contributed by atoms with van der Waals surface area (Å²) in [5.74, 6) is -1.67. The Hall–Kier alpha value is -1.55. The first-order chi connectivity index (χ1) is 7.54. The standard InChI is InChI=1S/C12H13F2NO/c1-2-3-11(15)12(16)6-8-4-5-9(13)7-10(8)14/h2,4-5,7,11H,1,3,6,15H2. The lowest BCUT2D eigenvalue weighted by Crippen LogP contribution is -2.31. The summed E-state index contributed by atoms with van der Waals surface area (Å²) in [4.78, 5) is 11.5. The lowest BCUT2D eigenvalue weighted by Gasteiger charge is -2.08. The Kier molecular flexibility index (Phi) is 4.31. The van der Waals surface area contributed by atoms with E-state index in [4.69, 9.17) is 5.73 Å². The highest BCUT2D eigenvalue weighted by Crippen LogP contribution is 2.11. The lowest BCUT2D eigenvalue weighted by atomic mass is 10.0. The molecule has 1 aromatic carbocycles. The van der Waals surface area contributed by atoms with Gasteiger partial charge < -0.3 is 5.73 Å². The number of benzene rings is 1. The van der Waals surface area contributed by atoms with E-state index in [-0.39, 0.29) is 17.8 Å². The van der Waals surface area contributed by atoms with Crippen molar-refractivity contribution in [2.24, 2.45) is 5.73 Å². The van der Waals surface area contributed by atoms with Gasteiger partial charge in [0.25, 0.3) is 0 Å². The van der Waals surface area contributed by atoms with Crippen molar-refractivity contribution in [3.05, 3.63) is 48.1 Å². The topological polar surface area (TPSA) is 43.1 Å². The monoisotopic (exact) mass is 225 g/mol. The van der Waals surface area contributed by atoms with Crippen LogP contribution in [0, 0.1) is 11.6 Å². The van der Waals surface area contributed by atoms with Gasteiger partial charge in [-0.25, -0.2) is 8.78 Å². The van der Waals surface area contributed by atoms with Crippen molar-refractivity contribution in [3.63, 3.8) is 0 Å². The molecule has 0 fully saturated rings. The van der Waals surface area contributed by atoms with E-state index < -0.39 is 17.7 Å². The molecule has 2 nitrogen and oxygen atoms in total. The van der Waals surface area contributed by atoms with E-state index >= 15 is 0 Å². The Bertz CT molecular complexity index is 404. The third kappa shape index (κ3) is 3.24. The Morgan fingerprint density at radius 1 is 1.50 bits per heavy atom. The second-order valence-corrected chi connectivity index (χ2v) is 3.51. The number of halogens is 2. The SMILES string of the molecule is C=CCC(N)C(=O)Cc1ccc(F)cc1F. The zero-order valence-corrected chi connectivity index (χ0v) is 8.75. The van der Waals surface area contributed by atoms with Gasteiger partial charge in [0.2, 0.25) is 0 Å². The molecule has 16 heavy (non-hydrogen) atoms. The molecule has 86 valence electrons. The molecule has 0 aliphatic heterocycles. The maximum absolute atomic E-state index is 13.2. The molecule has 0 aliphatic rings. The molecule has 0 bridgehead atoms. The van der Waals surface area contributed by atoms with Crippen LogP contribution in [0.4, 0.5) is 8.78 Å². The molecule has 1 aromatic rings. The van der Waals surface area contributed by atoms with E-state index in [0.29, 0.717) is 6.42 Å². The molecule has 1 unspecified atom stereocenters. The average molecular weight is 225 g/mol. The van der Waals surface area contributed by atoms with Crippen molar-refractivity contribution in [3.8, 4) is 0 Å². The quantitative estimate of drug-likeness (QED) is 0.778. The highest BCUT2D eigenvalue weighted by atomic mass is 19.1. The van der Waals surface area contributed by atoms with Crippen LogP contribution in [-0.2, 0) is 11.2 Å². The summed E-state index contributed by atoms with van der Waals surface area (Å²) in [6.45, 7) is 3.46. The first-order valence-corrected chi connectivity index (χ1v) is 4.87. The molecular weight excluding hydrogens is 212 g/mol. The van der Waals surface area contributed by atoms with Gasteiger partial charge in [-0.3, -0.25) is 4.79 Å². The fourth-order valence-electron chi connectivity index (χ4n) is 1.29. The van der Waals surface area contributed by atoms with Crippen LogP contribution in [0.25, 0.3) is 0 Å². The van der Waals surface area contributed by atoms with Crippen LogP contribution in [0.2, 0.25) is 0 Å². The van der Waals surface area contributed by atoms with Gasteiger partial charge in [0.05, 0.1) is 6.04 Å². The molecule has 0 saturated carbocycles.